The molecular weight excluding hydrogens is 488 g/mol. The first kappa shape index (κ1) is 27.6. The molecule has 0 aromatic heterocycles. The molecule has 0 spiro atoms. The van der Waals surface area contributed by atoms with Crippen molar-refractivity contribution in [3.8, 4) is 0 Å². The summed E-state index contributed by atoms with van der Waals surface area (Å²) in [5.74, 6) is -1.14. The molecule has 5 rings (SSSR count). The summed E-state index contributed by atoms with van der Waals surface area (Å²) >= 11 is 0. The molecule has 1 atom stereocenters. The third-order valence-electron chi connectivity index (χ3n) is 7.24. The van der Waals surface area contributed by atoms with Gasteiger partial charge in [-0.05, 0) is 28.7 Å². The minimum atomic E-state index is -1.07. The summed E-state index contributed by atoms with van der Waals surface area (Å²) < 4.78 is 5.35. The quantitative estimate of drug-likeness (QED) is 0.223. The molecule has 5 nitrogen and oxygen atoms in total. The molecule has 0 bridgehead atoms. The molecule has 0 radical (unpaired) electrons. The van der Waals surface area contributed by atoms with E-state index in [1.807, 2.05) is 121 Å². The molecule has 0 saturated carbocycles. The van der Waals surface area contributed by atoms with Crippen LogP contribution in [-0.2, 0) is 25.2 Å². The number of aliphatic hydroxyl groups excluding tert-OH is 1. The smallest absolute Gasteiger partial charge is 0.321 e. The Morgan fingerprint density at radius 2 is 1.23 bits per heavy atom. The molecule has 0 aliphatic carbocycles. The van der Waals surface area contributed by atoms with Crippen molar-refractivity contribution >= 4 is 11.9 Å². The number of esters is 1. The minimum Gasteiger partial charge on any atom is -0.480 e. The topological polar surface area (TPSA) is 83.8 Å². The van der Waals surface area contributed by atoms with Gasteiger partial charge in [-0.2, -0.15) is 0 Å². The number of hydrogen-bond acceptors (Lipinski definition) is 4. The number of hydrogen-bond donors (Lipinski definition) is 2. The van der Waals surface area contributed by atoms with Crippen molar-refractivity contribution in [3.05, 3.63) is 156 Å². The molecule has 1 aliphatic heterocycles. The van der Waals surface area contributed by atoms with Crippen LogP contribution >= 0.6 is 0 Å². The average molecular weight is 521 g/mol. The number of ether oxygens (including phenoxy) is 1. The number of carboxylic acid groups (broad SMARTS) is 1. The number of benzene rings is 4. The maximum absolute atomic E-state index is 12.5. The highest BCUT2D eigenvalue weighted by molar-refractivity contribution is 5.89. The zero-order chi connectivity index (χ0) is 27.7. The first-order chi connectivity index (χ1) is 19.0. The molecule has 1 heterocycles. The zero-order valence-electron chi connectivity index (χ0n) is 21.6. The summed E-state index contributed by atoms with van der Waals surface area (Å²) in [6.07, 6.45) is 2.05. The number of cyclic esters (lactones) is 1. The number of carbonyl (C=O) groups is 2. The Labute approximate surface area is 229 Å². The van der Waals surface area contributed by atoms with E-state index in [4.69, 9.17) is 4.74 Å². The van der Waals surface area contributed by atoms with Crippen LogP contribution in [0, 0.1) is 0 Å². The van der Waals surface area contributed by atoms with Gasteiger partial charge >= 0.3 is 11.9 Å². The lowest BCUT2D eigenvalue weighted by Gasteiger charge is -2.29. The van der Waals surface area contributed by atoms with E-state index in [1.54, 1.807) is 6.08 Å². The SMILES string of the molecule is C=CCC(C(=O)O)(c1ccccc1)c1ccccc1.O=C1OC(CO)CC1(c1ccccc1)c1ccccc1. The van der Waals surface area contributed by atoms with Crippen LogP contribution in [0.2, 0.25) is 0 Å². The van der Waals surface area contributed by atoms with Crippen LogP contribution in [0.25, 0.3) is 0 Å². The first-order valence-corrected chi connectivity index (χ1v) is 12.9. The monoisotopic (exact) mass is 520 g/mol. The van der Waals surface area contributed by atoms with Crippen LogP contribution in [0.5, 0.6) is 0 Å². The van der Waals surface area contributed by atoms with Gasteiger partial charge in [-0.1, -0.05) is 127 Å². The zero-order valence-corrected chi connectivity index (χ0v) is 21.6. The second kappa shape index (κ2) is 12.4. The first-order valence-electron chi connectivity index (χ1n) is 12.9. The van der Waals surface area contributed by atoms with Gasteiger partial charge in [0.25, 0.3) is 0 Å². The van der Waals surface area contributed by atoms with Crippen molar-refractivity contribution in [3.63, 3.8) is 0 Å². The van der Waals surface area contributed by atoms with Gasteiger partial charge < -0.3 is 14.9 Å². The summed E-state index contributed by atoms with van der Waals surface area (Å²) in [6, 6.07) is 37.9. The third kappa shape index (κ3) is 5.40. The Morgan fingerprint density at radius 1 is 0.821 bits per heavy atom. The molecule has 198 valence electrons. The third-order valence-corrected chi connectivity index (χ3v) is 7.24. The molecule has 5 heteroatoms. The molecule has 1 saturated heterocycles. The Morgan fingerprint density at radius 3 is 1.56 bits per heavy atom. The fourth-order valence-corrected chi connectivity index (χ4v) is 5.30. The molecule has 1 fully saturated rings. The highest BCUT2D eigenvalue weighted by Gasteiger charge is 2.51. The largest absolute Gasteiger partial charge is 0.480 e. The number of carboxylic acids is 1. The molecule has 1 aliphatic rings. The van der Waals surface area contributed by atoms with Crippen molar-refractivity contribution in [1.29, 1.82) is 0 Å². The van der Waals surface area contributed by atoms with E-state index < -0.39 is 22.9 Å². The maximum atomic E-state index is 12.5. The number of aliphatic carboxylic acids is 1. The summed E-state index contributed by atoms with van der Waals surface area (Å²) in [4.78, 5) is 24.5. The van der Waals surface area contributed by atoms with Gasteiger partial charge in [-0.25, -0.2) is 0 Å². The van der Waals surface area contributed by atoms with Crippen molar-refractivity contribution in [2.24, 2.45) is 0 Å². The Bertz CT molecular complexity index is 1290. The second-order valence-corrected chi connectivity index (χ2v) is 9.49. The Balaban J connectivity index is 0.000000181. The van der Waals surface area contributed by atoms with Crippen molar-refractivity contribution < 1.29 is 24.5 Å². The van der Waals surface area contributed by atoms with Crippen molar-refractivity contribution in [2.45, 2.75) is 29.8 Å². The molecule has 39 heavy (non-hydrogen) atoms. The van der Waals surface area contributed by atoms with Crippen LogP contribution in [0.15, 0.2) is 134 Å². The number of carbonyl (C=O) groups excluding carboxylic acids is 1. The molecule has 1 unspecified atom stereocenters. The van der Waals surface area contributed by atoms with E-state index in [9.17, 15) is 19.8 Å². The van der Waals surface area contributed by atoms with E-state index >= 15 is 0 Å². The van der Waals surface area contributed by atoms with E-state index in [-0.39, 0.29) is 12.6 Å². The summed E-state index contributed by atoms with van der Waals surface area (Å²) in [6.45, 7) is 3.57. The van der Waals surface area contributed by atoms with E-state index in [0.29, 0.717) is 12.8 Å². The van der Waals surface area contributed by atoms with E-state index in [0.717, 1.165) is 22.3 Å². The lowest BCUT2D eigenvalue weighted by atomic mass is 9.72. The standard InChI is InChI=1S/C17H16O3.C17H16O2/c18-12-15-11-17(16(19)20-15,13-7-3-1-4-8-13)14-9-5-2-6-10-14;1-2-13-17(16(18)19,14-9-5-3-6-10-14)15-11-7-4-8-12-15/h1-10,15,18H,11-12H2;2-12H,1,13H2,(H,18,19). The van der Waals surface area contributed by atoms with Gasteiger partial charge in [0.2, 0.25) is 0 Å². The lowest BCUT2D eigenvalue weighted by molar-refractivity contribution is -0.145. The second-order valence-electron chi connectivity index (χ2n) is 9.49. The van der Waals surface area contributed by atoms with E-state index in [2.05, 4.69) is 6.58 Å². The minimum absolute atomic E-state index is 0.146. The van der Waals surface area contributed by atoms with Gasteiger partial charge in [0.15, 0.2) is 0 Å². The molecule has 2 N–H and O–H groups in total. The Hall–Kier alpha value is -4.48. The van der Waals surface area contributed by atoms with Crippen molar-refractivity contribution in [1.82, 2.24) is 0 Å². The highest BCUT2D eigenvalue weighted by atomic mass is 16.6. The van der Waals surface area contributed by atoms with Gasteiger partial charge in [-0.15, -0.1) is 6.58 Å². The van der Waals surface area contributed by atoms with Crippen LogP contribution < -0.4 is 0 Å². The van der Waals surface area contributed by atoms with Crippen LogP contribution in [-0.4, -0.2) is 34.9 Å². The fraction of sp³-hybridized carbons (Fsp3) is 0.176. The lowest BCUT2D eigenvalue weighted by Crippen LogP contribution is -2.36. The summed E-state index contributed by atoms with van der Waals surface area (Å²) in [5.41, 5.74) is 1.49. The normalized spacial score (nSPS) is 15.9. The number of rotatable bonds is 8. The molecular formula is C34H32O5. The van der Waals surface area contributed by atoms with Gasteiger partial charge in [-0.3, -0.25) is 9.59 Å². The molecule has 4 aromatic rings. The average Bonchev–Trinajstić information content (AvgIpc) is 3.35. The summed E-state index contributed by atoms with van der Waals surface area (Å²) in [7, 11) is 0. The van der Waals surface area contributed by atoms with Gasteiger partial charge in [0.1, 0.15) is 16.9 Å². The highest BCUT2D eigenvalue weighted by Crippen LogP contribution is 2.43. The summed E-state index contributed by atoms with van der Waals surface area (Å²) in [5, 5.41) is 19.1. The van der Waals surface area contributed by atoms with Crippen molar-refractivity contribution in [2.75, 3.05) is 6.61 Å². The van der Waals surface area contributed by atoms with Gasteiger partial charge in [0, 0.05) is 6.42 Å². The van der Waals surface area contributed by atoms with Crippen LogP contribution in [0.3, 0.4) is 0 Å². The van der Waals surface area contributed by atoms with E-state index in [1.165, 1.54) is 0 Å². The predicted molar refractivity (Wildman–Crippen MR) is 151 cm³/mol. The molecule has 0 amide bonds. The Kier molecular flexibility index (Phi) is 8.74. The maximum Gasteiger partial charge on any atom is 0.321 e. The van der Waals surface area contributed by atoms with Gasteiger partial charge in [0.05, 0.1) is 6.61 Å². The predicted octanol–water partition coefficient (Wildman–Crippen LogP) is 5.91. The fourth-order valence-electron chi connectivity index (χ4n) is 5.30. The number of allylic oxidation sites excluding steroid dienone is 1. The molecule has 4 aromatic carbocycles. The van der Waals surface area contributed by atoms with Crippen LogP contribution in [0.1, 0.15) is 35.1 Å². The van der Waals surface area contributed by atoms with Crippen LogP contribution in [0.4, 0.5) is 0 Å². The number of aliphatic hydroxyl groups is 1.